The van der Waals surface area contributed by atoms with Gasteiger partial charge in [-0.05, 0) is 37.0 Å². The second-order valence-corrected chi connectivity index (χ2v) is 6.08. The lowest BCUT2D eigenvalue weighted by molar-refractivity contribution is 0.0173. The van der Waals surface area contributed by atoms with Crippen LogP contribution in [0.5, 0.6) is 0 Å². The molecule has 0 spiro atoms. The predicted octanol–water partition coefficient (Wildman–Crippen LogP) is 2.71. The van der Waals surface area contributed by atoms with Crippen molar-refractivity contribution in [3.05, 3.63) is 0 Å². The maximum absolute atomic E-state index is 6.22. The summed E-state index contributed by atoms with van der Waals surface area (Å²) in [5, 5.41) is 0. The summed E-state index contributed by atoms with van der Waals surface area (Å²) in [6.45, 7) is 5.47. The van der Waals surface area contributed by atoms with Gasteiger partial charge in [0, 0.05) is 12.6 Å². The van der Waals surface area contributed by atoms with Crippen LogP contribution in [-0.4, -0.2) is 18.8 Å². The lowest BCUT2D eigenvalue weighted by atomic mass is 9.88. The number of hydrogen-bond donors (Lipinski definition) is 1. The zero-order chi connectivity index (χ0) is 10.9. The Bertz CT molecular complexity index is 209. The van der Waals surface area contributed by atoms with Crippen molar-refractivity contribution < 1.29 is 4.74 Å². The Morgan fingerprint density at radius 2 is 1.87 bits per heavy atom. The van der Waals surface area contributed by atoms with E-state index in [4.69, 9.17) is 10.5 Å². The highest BCUT2D eigenvalue weighted by Gasteiger charge is 2.40. The average molecular weight is 211 g/mol. The lowest BCUT2D eigenvalue weighted by Crippen LogP contribution is -2.41. The third-order valence-electron chi connectivity index (χ3n) is 4.40. The molecule has 2 atom stereocenters. The van der Waals surface area contributed by atoms with E-state index in [9.17, 15) is 0 Å². The fourth-order valence-corrected chi connectivity index (χ4v) is 2.99. The monoisotopic (exact) mass is 211 g/mol. The molecule has 2 aliphatic rings. The summed E-state index contributed by atoms with van der Waals surface area (Å²) in [6.07, 6.45) is 8.22. The van der Waals surface area contributed by atoms with Crippen molar-refractivity contribution in [3.63, 3.8) is 0 Å². The number of hydrogen-bond acceptors (Lipinski definition) is 2. The molecule has 88 valence electrons. The fourth-order valence-electron chi connectivity index (χ4n) is 2.99. The van der Waals surface area contributed by atoms with Gasteiger partial charge in [-0.25, -0.2) is 0 Å². The van der Waals surface area contributed by atoms with Crippen LogP contribution < -0.4 is 5.73 Å². The summed E-state index contributed by atoms with van der Waals surface area (Å²) in [5.41, 5.74) is 6.49. The van der Waals surface area contributed by atoms with Gasteiger partial charge in [-0.1, -0.05) is 26.7 Å². The van der Waals surface area contributed by atoms with E-state index in [0.717, 1.165) is 18.9 Å². The van der Waals surface area contributed by atoms with Gasteiger partial charge in [-0.2, -0.15) is 0 Å². The molecule has 0 bridgehead atoms. The first-order chi connectivity index (χ1) is 7.09. The second kappa shape index (κ2) is 4.42. The number of rotatable bonds is 3. The molecule has 15 heavy (non-hydrogen) atoms. The molecule has 0 aromatic rings. The summed E-state index contributed by atoms with van der Waals surface area (Å²) in [6, 6.07) is 0.235. The van der Waals surface area contributed by atoms with Gasteiger partial charge < -0.3 is 10.5 Å². The van der Waals surface area contributed by atoms with Gasteiger partial charge >= 0.3 is 0 Å². The normalized spacial score (nSPS) is 36.2. The minimum Gasteiger partial charge on any atom is -0.376 e. The zero-order valence-corrected chi connectivity index (χ0v) is 10.2. The van der Waals surface area contributed by atoms with Crippen molar-refractivity contribution in [2.24, 2.45) is 17.1 Å². The van der Waals surface area contributed by atoms with Gasteiger partial charge in [0.1, 0.15) is 0 Å². The van der Waals surface area contributed by atoms with E-state index in [-0.39, 0.29) is 11.5 Å². The number of ether oxygens (including phenoxy) is 1. The maximum atomic E-state index is 6.22. The molecule has 2 rings (SSSR count). The summed E-state index contributed by atoms with van der Waals surface area (Å²) < 4.78 is 6.01. The average Bonchev–Trinajstić information content (AvgIpc) is 2.76. The van der Waals surface area contributed by atoms with Crippen LogP contribution in [0.4, 0.5) is 0 Å². The van der Waals surface area contributed by atoms with Crippen molar-refractivity contribution in [2.45, 2.75) is 64.5 Å². The molecule has 2 aliphatic carbocycles. The quantitative estimate of drug-likeness (QED) is 0.779. The molecular weight excluding hydrogens is 186 g/mol. The smallest absolute Gasteiger partial charge is 0.0731 e. The first kappa shape index (κ1) is 11.4. The van der Waals surface area contributed by atoms with Crippen LogP contribution in [0, 0.1) is 11.3 Å². The summed E-state index contributed by atoms with van der Waals surface area (Å²) in [7, 11) is 0. The maximum Gasteiger partial charge on any atom is 0.0731 e. The topological polar surface area (TPSA) is 35.2 Å². The SMILES string of the molecule is CC1(C)CCC(OCC2CCCC2)C1N. The molecule has 0 saturated heterocycles. The molecule has 2 nitrogen and oxygen atoms in total. The van der Waals surface area contributed by atoms with E-state index in [0.29, 0.717) is 6.10 Å². The van der Waals surface area contributed by atoms with Crippen LogP contribution in [-0.2, 0) is 4.74 Å². The molecule has 2 N–H and O–H groups in total. The Labute approximate surface area is 93.6 Å². The zero-order valence-electron chi connectivity index (χ0n) is 10.2. The molecule has 0 amide bonds. The molecule has 0 radical (unpaired) electrons. The van der Waals surface area contributed by atoms with Gasteiger partial charge in [-0.3, -0.25) is 0 Å². The minimum atomic E-state index is 0.235. The third-order valence-corrected chi connectivity index (χ3v) is 4.40. The van der Waals surface area contributed by atoms with Crippen LogP contribution in [0.2, 0.25) is 0 Å². The summed E-state index contributed by atoms with van der Waals surface area (Å²) >= 11 is 0. The fraction of sp³-hybridized carbons (Fsp3) is 1.00. The number of nitrogens with two attached hydrogens (primary N) is 1. The predicted molar refractivity (Wildman–Crippen MR) is 62.7 cm³/mol. The van der Waals surface area contributed by atoms with Gasteiger partial charge in [0.15, 0.2) is 0 Å². The van der Waals surface area contributed by atoms with Crippen LogP contribution in [0.15, 0.2) is 0 Å². The Balaban J connectivity index is 1.75. The molecule has 0 aromatic heterocycles. The highest BCUT2D eigenvalue weighted by molar-refractivity contribution is 4.95. The van der Waals surface area contributed by atoms with Crippen molar-refractivity contribution >= 4 is 0 Å². The first-order valence-corrected chi connectivity index (χ1v) is 6.47. The van der Waals surface area contributed by atoms with E-state index >= 15 is 0 Å². The minimum absolute atomic E-state index is 0.235. The van der Waals surface area contributed by atoms with Crippen molar-refractivity contribution in [3.8, 4) is 0 Å². The molecule has 0 heterocycles. The van der Waals surface area contributed by atoms with Crippen LogP contribution in [0.1, 0.15) is 52.4 Å². The van der Waals surface area contributed by atoms with E-state index in [1.165, 1.54) is 32.1 Å². The van der Waals surface area contributed by atoms with Crippen molar-refractivity contribution in [2.75, 3.05) is 6.61 Å². The Hall–Kier alpha value is -0.0800. The standard InChI is InChI=1S/C13H25NO/c1-13(2)8-7-11(12(13)14)15-9-10-5-3-4-6-10/h10-12H,3-9,14H2,1-2H3. The molecule has 2 saturated carbocycles. The Morgan fingerprint density at radius 1 is 1.20 bits per heavy atom. The van der Waals surface area contributed by atoms with Crippen LogP contribution >= 0.6 is 0 Å². The third kappa shape index (κ3) is 2.54. The van der Waals surface area contributed by atoms with Crippen LogP contribution in [0.25, 0.3) is 0 Å². The van der Waals surface area contributed by atoms with E-state index in [1.54, 1.807) is 0 Å². The molecule has 2 unspecified atom stereocenters. The molecule has 0 aromatic carbocycles. The molecular formula is C13H25NO. The largest absolute Gasteiger partial charge is 0.376 e. The molecule has 0 aliphatic heterocycles. The Morgan fingerprint density at radius 3 is 2.40 bits per heavy atom. The molecule has 2 heteroatoms. The van der Waals surface area contributed by atoms with Gasteiger partial charge in [0.2, 0.25) is 0 Å². The summed E-state index contributed by atoms with van der Waals surface area (Å²) in [4.78, 5) is 0. The van der Waals surface area contributed by atoms with Crippen molar-refractivity contribution in [1.82, 2.24) is 0 Å². The van der Waals surface area contributed by atoms with E-state index in [2.05, 4.69) is 13.8 Å². The Kier molecular flexibility index (Phi) is 3.36. The van der Waals surface area contributed by atoms with Gasteiger partial charge in [-0.15, -0.1) is 0 Å². The van der Waals surface area contributed by atoms with Crippen molar-refractivity contribution in [1.29, 1.82) is 0 Å². The highest BCUT2D eigenvalue weighted by atomic mass is 16.5. The van der Waals surface area contributed by atoms with E-state index in [1.807, 2.05) is 0 Å². The van der Waals surface area contributed by atoms with Crippen LogP contribution in [0.3, 0.4) is 0 Å². The second-order valence-electron chi connectivity index (χ2n) is 6.08. The highest BCUT2D eigenvalue weighted by Crippen LogP contribution is 2.38. The van der Waals surface area contributed by atoms with E-state index < -0.39 is 0 Å². The summed E-state index contributed by atoms with van der Waals surface area (Å²) in [5.74, 6) is 0.820. The van der Waals surface area contributed by atoms with Gasteiger partial charge in [0.25, 0.3) is 0 Å². The van der Waals surface area contributed by atoms with Gasteiger partial charge in [0.05, 0.1) is 6.10 Å². The lowest BCUT2D eigenvalue weighted by Gasteiger charge is -2.27. The first-order valence-electron chi connectivity index (χ1n) is 6.47. The molecule has 2 fully saturated rings.